The molecule has 0 N–H and O–H groups in total. The standard InChI is InChI=1S/C19H30O2Si/c1-15(2)22(16(3)4,17(5)6)21-19(20)14-10-13-18-11-8-7-9-12-18/h7-13,15-17H,14H2,1-6H3/b13-10+. The van der Waals surface area contributed by atoms with Gasteiger partial charge in [-0.25, -0.2) is 0 Å². The van der Waals surface area contributed by atoms with E-state index in [2.05, 4.69) is 41.5 Å². The van der Waals surface area contributed by atoms with E-state index in [0.717, 1.165) is 5.56 Å². The first-order valence-electron chi connectivity index (χ1n) is 8.24. The molecule has 2 nitrogen and oxygen atoms in total. The van der Waals surface area contributed by atoms with Gasteiger partial charge in [0.25, 0.3) is 14.3 Å². The predicted octanol–water partition coefficient (Wildman–Crippen LogP) is 5.81. The number of hydrogen-bond donors (Lipinski definition) is 0. The van der Waals surface area contributed by atoms with Crippen LogP contribution in [0.3, 0.4) is 0 Å². The fourth-order valence-corrected chi connectivity index (χ4v) is 8.63. The zero-order valence-electron chi connectivity index (χ0n) is 14.8. The van der Waals surface area contributed by atoms with Crippen LogP contribution in [0.4, 0.5) is 0 Å². The fraction of sp³-hybridized carbons (Fsp3) is 0.526. The van der Waals surface area contributed by atoms with Crippen molar-refractivity contribution in [2.24, 2.45) is 0 Å². The Morgan fingerprint density at radius 2 is 1.50 bits per heavy atom. The molecule has 0 atom stereocenters. The van der Waals surface area contributed by atoms with E-state index in [0.29, 0.717) is 23.0 Å². The molecule has 0 saturated carbocycles. The van der Waals surface area contributed by atoms with Crippen molar-refractivity contribution >= 4 is 20.4 Å². The highest BCUT2D eigenvalue weighted by molar-refractivity contribution is 6.78. The molecule has 0 aliphatic heterocycles. The van der Waals surface area contributed by atoms with Crippen LogP contribution in [0, 0.1) is 0 Å². The molecule has 122 valence electrons. The van der Waals surface area contributed by atoms with Crippen LogP contribution in [-0.2, 0) is 9.22 Å². The molecular weight excluding hydrogens is 288 g/mol. The zero-order chi connectivity index (χ0) is 16.8. The summed E-state index contributed by atoms with van der Waals surface area (Å²) in [7, 11) is -2.10. The predicted molar refractivity (Wildman–Crippen MR) is 97.2 cm³/mol. The average molecular weight is 319 g/mol. The molecule has 3 heteroatoms. The van der Waals surface area contributed by atoms with E-state index in [4.69, 9.17) is 4.43 Å². The molecule has 1 aromatic carbocycles. The maximum atomic E-state index is 12.3. The number of benzene rings is 1. The van der Waals surface area contributed by atoms with Gasteiger partial charge in [0.05, 0.1) is 6.42 Å². The van der Waals surface area contributed by atoms with E-state index in [9.17, 15) is 4.79 Å². The van der Waals surface area contributed by atoms with Crippen molar-refractivity contribution in [3.05, 3.63) is 42.0 Å². The van der Waals surface area contributed by atoms with E-state index in [1.54, 1.807) is 0 Å². The molecule has 0 heterocycles. The third kappa shape index (κ3) is 4.57. The molecule has 0 unspecified atom stereocenters. The van der Waals surface area contributed by atoms with Gasteiger partial charge in [-0.2, -0.15) is 0 Å². The third-order valence-electron chi connectivity index (χ3n) is 4.39. The highest BCUT2D eigenvalue weighted by Gasteiger charge is 2.47. The van der Waals surface area contributed by atoms with Crippen molar-refractivity contribution in [2.75, 3.05) is 0 Å². The van der Waals surface area contributed by atoms with Crippen LogP contribution in [0.25, 0.3) is 6.08 Å². The van der Waals surface area contributed by atoms with E-state index in [1.165, 1.54) is 0 Å². The molecule has 0 aliphatic rings. The monoisotopic (exact) mass is 318 g/mol. The Morgan fingerprint density at radius 3 is 1.95 bits per heavy atom. The van der Waals surface area contributed by atoms with Crippen LogP contribution in [0.1, 0.15) is 53.5 Å². The molecule has 1 aromatic rings. The summed E-state index contributed by atoms with van der Waals surface area (Å²) in [5.74, 6) is -0.0880. The number of carbonyl (C=O) groups is 1. The lowest BCUT2D eigenvalue weighted by molar-refractivity contribution is -0.134. The summed E-state index contributed by atoms with van der Waals surface area (Å²) in [5, 5.41) is 0. The fourth-order valence-electron chi connectivity index (χ4n) is 3.45. The van der Waals surface area contributed by atoms with Crippen LogP contribution < -0.4 is 0 Å². The maximum absolute atomic E-state index is 12.3. The van der Waals surface area contributed by atoms with Gasteiger partial charge < -0.3 is 4.43 Å². The van der Waals surface area contributed by atoms with E-state index < -0.39 is 8.32 Å². The van der Waals surface area contributed by atoms with E-state index in [1.807, 2.05) is 42.5 Å². The topological polar surface area (TPSA) is 26.3 Å². The van der Waals surface area contributed by atoms with E-state index >= 15 is 0 Å². The van der Waals surface area contributed by atoms with Gasteiger partial charge in [-0.3, -0.25) is 4.79 Å². The van der Waals surface area contributed by atoms with Crippen molar-refractivity contribution in [1.82, 2.24) is 0 Å². The zero-order valence-corrected chi connectivity index (χ0v) is 15.8. The largest absolute Gasteiger partial charge is 0.518 e. The number of carbonyl (C=O) groups excluding carboxylic acids is 1. The van der Waals surface area contributed by atoms with Gasteiger partial charge in [0, 0.05) is 0 Å². The number of rotatable bonds is 7. The highest BCUT2D eigenvalue weighted by atomic mass is 28.4. The molecule has 0 aliphatic carbocycles. The minimum absolute atomic E-state index is 0.0880. The quantitative estimate of drug-likeness (QED) is 0.593. The Hall–Kier alpha value is -1.35. The molecule has 22 heavy (non-hydrogen) atoms. The van der Waals surface area contributed by atoms with E-state index in [-0.39, 0.29) is 5.97 Å². The second kappa shape index (κ2) is 8.32. The summed E-state index contributed by atoms with van der Waals surface area (Å²) in [4.78, 5) is 12.3. The van der Waals surface area contributed by atoms with Gasteiger partial charge >= 0.3 is 0 Å². The number of hydrogen-bond acceptors (Lipinski definition) is 2. The Bertz CT molecular complexity index is 468. The van der Waals surface area contributed by atoms with Crippen molar-refractivity contribution in [2.45, 2.75) is 64.6 Å². The minimum Gasteiger partial charge on any atom is -0.518 e. The molecule has 0 saturated heterocycles. The second-order valence-corrected chi connectivity index (χ2v) is 12.2. The molecule has 0 aromatic heterocycles. The van der Waals surface area contributed by atoms with Crippen LogP contribution in [0.5, 0.6) is 0 Å². The Morgan fingerprint density at radius 1 is 1.00 bits per heavy atom. The van der Waals surface area contributed by atoms with Crippen LogP contribution in [0.15, 0.2) is 36.4 Å². The molecule has 0 spiro atoms. The van der Waals surface area contributed by atoms with Gasteiger partial charge in [-0.15, -0.1) is 0 Å². The normalized spacial score (nSPS) is 12.6. The van der Waals surface area contributed by atoms with Gasteiger partial charge in [-0.1, -0.05) is 84.0 Å². The second-order valence-electron chi connectivity index (χ2n) is 6.81. The first kappa shape index (κ1) is 18.7. The van der Waals surface area contributed by atoms with Crippen molar-refractivity contribution < 1.29 is 9.22 Å². The smallest absolute Gasteiger partial charge is 0.296 e. The highest BCUT2D eigenvalue weighted by Crippen LogP contribution is 2.42. The molecule has 0 bridgehead atoms. The maximum Gasteiger partial charge on any atom is 0.296 e. The Balaban J connectivity index is 2.74. The summed E-state index contributed by atoms with van der Waals surface area (Å²) < 4.78 is 6.11. The molecule has 0 fully saturated rings. The molecular formula is C19H30O2Si. The Kier molecular flexibility index (Phi) is 7.07. The van der Waals surface area contributed by atoms with Crippen molar-refractivity contribution in [3.8, 4) is 0 Å². The molecule has 0 radical (unpaired) electrons. The summed E-state index contributed by atoms with van der Waals surface area (Å²) in [5.41, 5.74) is 2.38. The summed E-state index contributed by atoms with van der Waals surface area (Å²) in [6.45, 7) is 13.2. The lowest BCUT2D eigenvalue weighted by atomic mass is 10.2. The summed E-state index contributed by atoms with van der Waals surface area (Å²) in [6, 6.07) is 10.0. The van der Waals surface area contributed by atoms with Gasteiger partial charge in [0.2, 0.25) is 0 Å². The van der Waals surface area contributed by atoms with Crippen LogP contribution in [0.2, 0.25) is 16.6 Å². The Labute approximate surface area is 136 Å². The first-order chi connectivity index (χ1) is 10.3. The summed E-state index contributed by atoms with van der Waals surface area (Å²) >= 11 is 0. The van der Waals surface area contributed by atoms with Crippen molar-refractivity contribution in [3.63, 3.8) is 0 Å². The molecule has 0 amide bonds. The average Bonchev–Trinajstić information content (AvgIpc) is 2.44. The lowest BCUT2D eigenvalue weighted by Gasteiger charge is -2.41. The SMILES string of the molecule is CC(C)[Si](OC(=O)C/C=C/c1ccccc1)(C(C)C)C(C)C. The lowest BCUT2D eigenvalue weighted by Crippen LogP contribution is -2.49. The van der Waals surface area contributed by atoms with Crippen LogP contribution >= 0.6 is 0 Å². The summed E-state index contributed by atoms with van der Waals surface area (Å²) in [6.07, 6.45) is 4.22. The first-order valence-corrected chi connectivity index (χ1v) is 10.4. The third-order valence-corrected chi connectivity index (χ3v) is 10.4. The van der Waals surface area contributed by atoms with Crippen molar-refractivity contribution in [1.29, 1.82) is 0 Å². The minimum atomic E-state index is -2.10. The van der Waals surface area contributed by atoms with Crippen LogP contribution in [-0.4, -0.2) is 14.3 Å². The van der Waals surface area contributed by atoms with Gasteiger partial charge in [-0.05, 0) is 22.2 Å². The van der Waals surface area contributed by atoms with Gasteiger partial charge in [0.1, 0.15) is 0 Å². The molecule has 1 rings (SSSR count). The van der Waals surface area contributed by atoms with Gasteiger partial charge in [0.15, 0.2) is 0 Å².